The number of nitrogens with two attached hydrogens (primary N) is 1. The van der Waals surface area contributed by atoms with Gasteiger partial charge in [0, 0.05) is 37.3 Å². The van der Waals surface area contributed by atoms with Gasteiger partial charge >= 0.3 is 6.01 Å². The van der Waals surface area contributed by atoms with Crippen molar-refractivity contribution in [3.8, 4) is 17.4 Å². The maximum absolute atomic E-state index is 13.9. The highest BCUT2D eigenvalue weighted by Gasteiger charge is 2.33. The molecule has 0 spiro atoms. The van der Waals surface area contributed by atoms with Gasteiger partial charge in [-0.15, -0.1) is 0 Å². The fourth-order valence-corrected chi connectivity index (χ4v) is 4.19. The molecule has 1 aliphatic rings. The van der Waals surface area contributed by atoms with Crippen molar-refractivity contribution in [2.45, 2.75) is 26.4 Å². The van der Waals surface area contributed by atoms with Gasteiger partial charge in [-0.2, -0.15) is 9.97 Å². The van der Waals surface area contributed by atoms with E-state index in [2.05, 4.69) is 19.9 Å². The zero-order valence-electron chi connectivity index (χ0n) is 19.0. The molecule has 11 heteroatoms. The van der Waals surface area contributed by atoms with Crippen LogP contribution in [0.2, 0.25) is 0 Å². The molecular formula is C24H24F3N7O. The van der Waals surface area contributed by atoms with E-state index in [1.807, 2.05) is 40.7 Å². The third kappa shape index (κ3) is 4.76. The number of halogens is 3. The molecule has 35 heavy (non-hydrogen) atoms. The highest BCUT2D eigenvalue weighted by atomic mass is 19.3. The van der Waals surface area contributed by atoms with E-state index >= 15 is 0 Å². The molecule has 8 nitrogen and oxygen atoms in total. The van der Waals surface area contributed by atoms with Gasteiger partial charge in [0.1, 0.15) is 11.6 Å². The van der Waals surface area contributed by atoms with Gasteiger partial charge in [0.15, 0.2) is 17.0 Å². The van der Waals surface area contributed by atoms with Crippen molar-refractivity contribution in [3.63, 3.8) is 0 Å². The molecule has 1 fully saturated rings. The third-order valence-corrected chi connectivity index (χ3v) is 5.95. The number of hydrogen-bond acceptors (Lipinski definition) is 7. The molecule has 0 bridgehead atoms. The Balaban J connectivity index is 1.46. The molecule has 0 amide bonds. The van der Waals surface area contributed by atoms with Gasteiger partial charge in [-0.1, -0.05) is 24.3 Å². The first kappa shape index (κ1) is 23.0. The van der Waals surface area contributed by atoms with Crippen LogP contribution in [0.3, 0.4) is 0 Å². The zero-order chi connectivity index (χ0) is 24.5. The minimum Gasteiger partial charge on any atom is -0.464 e. The van der Waals surface area contributed by atoms with Crippen LogP contribution in [-0.2, 0) is 13.1 Å². The molecule has 5 rings (SSSR count). The molecule has 1 saturated heterocycles. The van der Waals surface area contributed by atoms with Gasteiger partial charge in [0.25, 0.3) is 0 Å². The topological polar surface area (TPSA) is 95.0 Å². The molecule has 1 aliphatic heterocycles. The molecule has 0 aliphatic carbocycles. The normalized spacial score (nSPS) is 14.5. The Bertz CT molecular complexity index is 1340. The number of hydrogen-bond donors (Lipinski definition) is 1. The van der Waals surface area contributed by atoms with Crippen molar-refractivity contribution < 1.29 is 17.9 Å². The summed E-state index contributed by atoms with van der Waals surface area (Å²) in [4.78, 5) is 19.2. The second kappa shape index (κ2) is 9.49. The van der Waals surface area contributed by atoms with Crippen LogP contribution < -0.4 is 10.5 Å². The van der Waals surface area contributed by atoms with Crippen molar-refractivity contribution in [3.05, 3.63) is 59.7 Å². The first-order valence-corrected chi connectivity index (χ1v) is 11.3. The van der Waals surface area contributed by atoms with E-state index in [4.69, 9.17) is 10.5 Å². The predicted octanol–water partition coefficient (Wildman–Crippen LogP) is 3.75. The van der Waals surface area contributed by atoms with E-state index in [0.29, 0.717) is 55.3 Å². The van der Waals surface area contributed by atoms with E-state index in [9.17, 15) is 13.2 Å². The SMILES string of the molecule is CCOc1nc(N)c2nc(-c3cncc(F)c3)n(Cc3ccc(CN4CC(C(F)F)C4)cc3)c2n1. The van der Waals surface area contributed by atoms with Crippen LogP contribution in [-0.4, -0.2) is 55.5 Å². The van der Waals surface area contributed by atoms with E-state index in [-0.39, 0.29) is 11.8 Å². The van der Waals surface area contributed by atoms with Gasteiger partial charge in [0.05, 0.1) is 19.3 Å². The highest BCUT2D eigenvalue weighted by Crippen LogP contribution is 2.29. The molecular weight excluding hydrogens is 459 g/mol. The van der Waals surface area contributed by atoms with Crippen molar-refractivity contribution in [1.29, 1.82) is 0 Å². The molecule has 0 radical (unpaired) electrons. The van der Waals surface area contributed by atoms with Crippen molar-refractivity contribution in [2.75, 3.05) is 25.4 Å². The van der Waals surface area contributed by atoms with Crippen molar-refractivity contribution in [1.82, 2.24) is 29.4 Å². The molecule has 2 N–H and O–H groups in total. The number of fused-ring (bicyclic) bond motifs is 1. The summed E-state index contributed by atoms with van der Waals surface area (Å²) in [5.41, 5.74) is 9.44. The number of nitrogens with zero attached hydrogens (tertiary/aromatic N) is 6. The molecule has 0 unspecified atom stereocenters. The second-order valence-electron chi connectivity index (χ2n) is 8.52. The van der Waals surface area contributed by atoms with Gasteiger partial charge in [0.2, 0.25) is 6.43 Å². The number of benzene rings is 1. The molecule has 3 aromatic heterocycles. The summed E-state index contributed by atoms with van der Waals surface area (Å²) in [5, 5.41) is 0. The molecule has 0 atom stereocenters. The fourth-order valence-electron chi connectivity index (χ4n) is 4.19. The summed E-state index contributed by atoms with van der Waals surface area (Å²) >= 11 is 0. The van der Waals surface area contributed by atoms with E-state index in [1.165, 1.54) is 12.3 Å². The fraction of sp³-hybridized carbons (Fsp3) is 0.333. The number of alkyl halides is 2. The van der Waals surface area contributed by atoms with Crippen LogP contribution in [0.4, 0.5) is 19.0 Å². The second-order valence-corrected chi connectivity index (χ2v) is 8.52. The highest BCUT2D eigenvalue weighted by molar-refractivity contribution is 5.85. The Morgan fingerprint density at radius 3 is 2.43 bits per heavy atom. The van der Waals surface area contributed by atoms with Crippen molar-refractivity contribution in [2.24, 2.45) is 5.92 Å². The minimum atomic E-state index is -2.26. The molecule has 182 valence electrons. The average Bonchev–Trinajstić information content (AvgIpc) is 3.16. The van der Waals surface area contributed by atoms with Gasteiger partial charge in [-0.05, 0) is 24.1 Å². The Kier molecular flexibility index (Phi) is 6.25. The quantitative estimate of drug-likeness (QED) is 0.408. The summed E-state index contributed by atoms with van der Waals surface area (Å²) in [5.74, 6) is -0.408. The average molecular weight is 483 g/mol. The number of ether oxygens (including phenoxy) is 1. The van der Waals surface area contributed by atoms with Crippen LogP contribution in [0.1, 0.15) is 18.1 Å². The van der Waals surface area contributed by atoms with Gasteiger partial charge in [-0.25, -0.2) is 18.2 Å². The number of imidazole rings is 1. The molecule has 4 aromatic rings. The first-order valence-electron chi connectivity index (χ1n) is 11.3. The number of likely N-dealkylation sites (tertiary alicyclic amines) is 1. The Hall–Kier alpha value is -3.73. The lowest BCUT2D eigenvalue weighted by molar-refractivity contribution is -0.0279. The van der Waals surface area contributed by atoms with E-state index in [1.54, 1.807) is 0 Å². The number of rotatable bonds is 8. The lowest BCUT2D eigenvalue weighted by atomic mass is 9.99. The van der Waals surface area contributed by atoms with E-state index in [0.717, 1.165) is 17.3 Å². The Morgan fingerprint density at radius 1 is 1.06 bits per heavy atom. The van der Waals surface area contributed by atoms with Crippen LogP contribution in [0.25, 0.3) is 22.6 Å². The smallest absolute Gasteiger partial charge is 0.320 e. The summed E-state index contributed by atoms with van der Waals surface area (Å²) in [7, 11) is 0. The number of nitrogen functional groups attached to an aromatic ring is 1. The Labute approximate surface area is 199 Å². The Morgan fingerprint density at radius 2 is 1.77 bits per heavy atom. The number of aromatic nitrogens is 5. The van der Waals surface area contributed by atoms with E-state index < -0.39 is 18.2 Å². The summed E-state index contributed by atoms with van der Waals surface area (Å²) < 4.78 is 46.7. The summed E-state index contributed by atoms with van der Waals surface area (Å²) in [6.45, 7) is 4.01. The lowest BCUT2D eigenvalue weighted by Gasteiger charge is -2.38. The van der Waals surface area contributed by atoms with Crippen LogP contribution >= 0.6 is 0 Å². The first-order chi connectivity index (χ1) is 16.9. The van der Waals surface area contributed by atoms with Crippen LogP contribution in [0.15, 0.2) is 42.7 Å². The zero-order valence-corrected chi connectivity index (χ0v) is 19.0. The van der Waals surface area contributed by atoms with Crippen LogP contribution in [0, 0.1) is 11.7 Å². The summed E-state index contributed by atoms with van der Waals surface area (Å²) in [6, 6.07) is 9.36. The molecule has 1 aromatic carbocycles. The summed E-state index contributed by atoms with van der Waals surface area (Å²) in [6.07, 6.45) is 0.386. The number of pyridine rings is 1. The van der Waals surface area contributed by atoms with Gasteiger partial charge in [-0.3, -0.25) is 9.88 Å². The monoisotopic (exact) mass is 483 g/mol. The minimum absolute atomic E-state index is 0.134. The standard InChI is InChI=1S/C24H24F3N7O/c1-2-35-24-31-21(28)19-23(32-24)34(22(30-19)16-7-18(25)9-29-8-16)11-15-5-3-14(4-6-15)10-33-12-17(13-33)20(26)27/h3-9,17,20H,2,10-13H2,1H3,(H2,28,31,32). The number of anilines is 1. The van der Waals surface area contributed by atoms with Crippen molar-refractivity contribution >= 4 is 17.0 Å². The largest absolute Gasteiger partial charge is 0.464 e. The third-order valence-electron chi connectivity index (χ3n) is 5.95. The van der Waals surface area contributed by atoms with Crippen LogP contribution in [0.5, 0.6) is 6.01 Å². The predicted molar refractivity (Wildman–Crippen MR) is 124 cm³/mol. The molecule has 0 saturated carbocycles. The lowest BCUT2D eigenvalue weighted by Crippen LogP contribution is -2.49. The maximum Gasteiger partial charge on any atom is 0.320 e. The molecule has 4 heterocycles. The maximum atomic E-state index is 13.9. The van der Waals surface area contributed by atoms with Gasteiger partial charge < -0.3 is 15.0 Å².